The van der Waals surface area contributed by atoms with Crippen molar-refractivity contribution in [2.75, 3.05) is 0 Å². The molecular formula is C13H15N3. The Balaban J connectivity index is 0.000000606. The molecule has 16 heavy (non-hydrogen) atoms. The first kappa shape index (κ1) is 12.0. The first-order valence-electron chi connectivity index (χ1n) is 5.32. The van der Waals surface area contributed by atoms with Crippen LogP contribution in [0.1, 0.15) is 25.0 Å². The molecule has 0 saturated heterocycles. The van der Waals surface area contributed by atoms with Crippen LogP contribution in [-0.2, 0) is 0 Å². The Bertz CT molecular complexity index is 492. The molecule has 0 saturated carbocycles. The van der Waals surface area contributed by atoms with Crippen LogP contribution in [0.25, 0.3) is 5.69 Å². The first-order chi connectivity index (χ1) is 7.81. The Morgan fingerprint density at radius 1 is 1.25 bits per heavy atom. The average molecular weight is 213 g/mol. The van der Waals surface area contributed by atoms with Gasteiger partial charge < -0.3 is 0 Å². The summed E-state index contributed by atoms with van der Waals surface area (Å²) in [7, 11) is 0. The number of nitrogens with zero attached hydrogens (tertiary/aromatic N) is 3. The summed E-state index contributed by atoms with van der Waals surface area (Å²) >= 11 is 0. The van der Waals surface area contributed by atoms with Crippen molar-refractivity contribution in [3.8, 4) is 11.8 Å². The Labute approximate surface area is 96.0 Å². The summed E-state index contributed by atoms with van der Waals surface area (Å²) < 4.78 is 1.72. The van der Waals surface area contributed by atoms with E-state index in [0.717, 1.165) is 11.3 Å². The van der Waals surface area contributed by atoms with Crippen molar-refractivity contribution in [2.45, 2.75) is 20.8 Å². The molecule has 0 aliphatic rings. The van der Waals surface area contributed by atoms with Gasteiger partial charge in [-0.2, -0.15) is 10.4 Å². The Kier molecular flexibility index (Phi) is 4.28. The molecule has 2 aromatic rings. The standard InChI is InChI=1S/C11H9N3.C2H6/c1-9-7-13-14(8-9)11-5-3-2-4-10(11)6-12;1-2/h2-5,7-8H,1H3;1-2H3. The van der Waals surface area contributed by atoms with Gasteiger partial charge in [-0.1, -0.05) is 26.0 Å². The van der Waals surface area contributed by atoms with Gasteiger partial charge in [-0.15, -0.1) is 0 Å². The maximum atomic E-state index is 8.90. The van der Waals surface area contributed by atoms with Crippen molar-refractivity contribution < 1.29 is 0 Å². The van der Waals surface area contributed by atoms with Crippen LogP contribution in [-0.4, -0.2) is 9.78 Å². The number of aryl methyl sites for hydroxylation is 1. The Morgan fingerprint density at radius 3 is 2.50 bits per heavy atom. The smallest absolute Gasteiger partial charge is 0.101 e. The lowest BCUT2D eigenvalue weighted by molar-refractivity contribution is 0.877. The van der Waals surface area contributed by atoms with Gasteiger partial charge in [-0.3, -0.25) is 0 Å². The summed E-state index contributed by atoms with van der Waals surface area (Å²) in [6, 6.07) is 9.55. The number of hydrogen-bond acceptors (Lipinski definition) is 2. The Morgan fingerprint density at radius 2 is 1.94 bits per heavy atom. The van der Waals surface area contributed by atoms with Gasteiger partial charge in [0.1, 0.15) is 6.07 Å². The molecule has 2 rings (SSSR count). The zero-order valence-corrected chi connectivity index (χ0v) is 9.81. The number of rotatable bonds is 1. The highest BCUT2D eigenvalue weighted by molar-refractivity contribution is 5.48. The quantitative estimate of drug-likeness (QED) is 0.730. The van der Waals surface area contributed by atoms with Crippen molar-refractivity contribution in [1.29, 1.82) is 5.26 Å². The van der Waals surface area contributed by atoms with E-state index >= 15 is 0 Å². The monoisotopic (exact) mass is 213 g/mol. The average Bonchev–Trinajstić information content (AvgIpc) is 2.78. The van der Waals surface area contributed by atoms with E-state index in [1.54, 1.807) is 16.9 Å². The van der Waals surface area contributed by atoms with Gasteiger partial charge in [-0.25, -0.2) is 4.68 Å². The topological polar surface area (TPSA) is 41.6 Å². The van der Waals surface area contributed by atoms with E-state index in [2.05, 4.69) is 11.2 Å². The molecule has 0 spiro atoms. The molecule has 3 heteroatoms. The lowest BCUT2D eigenvalue weighted by Crippen LogP contribution is -1.96. The number of benzene rings is 1. The third-order valence-corrected chi connectivity index (χ3v) is 1.98. The molecule has 82 valence electrons. The minimum atomic E-state index is 0.635. The van der Waals surface area contributed by atoms with E-state index in [1.807, 2.05) is 45.2 Å². The van der Waals surface area contributed by atoms with Crippen molar-refractivity contribution in [3.05, 3.63) is 47.8 Å². The first-order valence-corrected chi connectivity index (χ1v) is 5.32. The molecule has 0 bridgehead atoms. The zero-order chi connectivity index (χ0) is 12.0. The van der Waals surface area contributed by atoms with Crippen molar-refractivity contribution >= 4 is 0 Å². The van der Waals surface area contributed by atoms with Crippen LogP contribution in [0, 0.1) is 18.3 Å². The number of hydrogen-bond donors (Lipinski definition) is 0. The highest BCUT2D eigenvalue weighted by Gasteiger charge is 2.03. The Hall–Kier alpha value is -2.08. The molecule has 0 aliphatic carbocycles. The second kappa shape index (κ2) is 5.72. The van der Waals surface area contributed by atoms with E-state index in [1.165, 1.54) is 0 Å². The van der Waals surface area contributed by atoms with Crippen LogP contribution in [0.5, 0.6) is 0 Å². The number of aromatic nitrogens is 2. The molecule has 0 aliphatic heterocycles. The summed E-state index contributed by atoms with van der Waals surface area (Å²) in [6.45, 7) is 5.97. The normalized spacial score (nSPS) is 8.88. The highest BCUT2D eigenvalue weighted by Crippen LogP contribution is 2.12. The van der Waals surface area contributed by atoms with Gasteiger partial charge in [-0.05, 0) is 24.6 Å². The molecule has 0 unspecified atom stereocenters. The van der Waals surface area contributed by atoms with Crippen LogP contribution in [0.3, 0.4) is 0 Å². The molecule has 0 N–H and O–H groups in total. The van der Waals surface area contributed by atoms with Crippen molar-refractivity contribution in [1.82, 2.24) is 9.78 Å². The maximum Gasteiger partial charge on any atom is 0.101 e. The van der Waals surface area contributed by atoms with Gasteiger partial charge >= 0.3 is 0 Å². The molecule has 0 fully saturated rings. The minimum Gasteiger partial charge on any atom is -0.239 e. The predicted molar refractivity (Wildman–Crippen MR) is 64.4 cm³/mol. The van der Waals surface area contributed by atoms with E-state index < -0.39 is 0 Å². The maximum absolute atomic E-state index is 8.90. The largest absolute Gasteiger partial charge is 0.239 e. The van der Waals surface area contributed by atoms with Crippen LogP contribution in [0.15, 0.2) is 36.7 Å². The van der Waals surface area contributed by atoms with Crippen LogP contribution in [0.4, 0.5) is 0 Å². The third-order valence-electron chi connectivity index (χ3n) is 1.98. The van der Waals surface area contributed by atoms with E-state index in [-0.39, 0.29) is 0 Å². The van der Waals surface area contributed by atoms with Gasteiger partial charge in [0.25, 0.3) is 0 Å². The fourth-order valence-electron chi connectivity index (χ4n) is 1.31. The molecule has 1 aromatic carbocycles. The summed E-state index contributed by atoms with van der Waals surface area (Å²) in [5.74, 6) is 0. The number of para-hydroxylation sites is 1. The highest BCUT2D eigenvalue weighted by atomic mass is 15.3. The lowest BCUT2D eigenvalue weighted by Gasteiger charge is -2.02. The van der Waals surface area contributed by atoms with Crippen LogP contribution in [0.2, 0.25) is 0 Å². The molecule has 3 nitrogen and oxygen atoms in total. The predicted octanol–water partition coefficient (Wildman–Crippen LogP) is 3.08. The SMILES string of the molecule is CC.Cc1cnn(-c2ccccc2C#N)c1. The molecule has 1 aromatic heterocycles. The van der Waals surface area contributed by atoms with Crippen molar-refractivity contribution in [3.63, 3.8) is 0 Å². The summed E-state index contributed by atoms with van der Waals surface area (Å²) in [6.07, 6.45) is 3.67. The van der Waals surface area contributed by atoms with Gasteiger partial charge in [0.15, 0.2) is 0 Å². The molecule has 0 atom stereocenters. The molecule has 1 heterocycles. The summed E-state index contributed by atoms with van der Waals surface area (Å²) in [5, 5.41) is 13.1. The van der Waals surface area contributed by atoms with E-state index in [0.29, 0.717) is 5.56 Å². The summed E-state index contributed by atoms with van der Waals surface area (Å²) in [4.78, 5) is 0. The lowest BCUT2D eigenvalue weighted by atomic mass is 10.2. The second-order valence-corrected chi connectivity index (χ2v) is 3.09. The fourth-order valence-corrected chi connectivity index (χ4v) is 1.31. The number of nitriles is 1. The molecule has 0 amide bonds. The molecule has 0 radical (unpaired) electrons. The summed E-state index contributed by atoms with van der Waals surface area (Å²) in [5.41, 5.74) is 2.54. The van der Waals surface area contributed by atoms with Gasteiger partial charge in [0, 0.05) is 6.20 Å². The van der Waals surface area contributed by atoms with Crippen molar-refractivity contribution in [2.24, 2.45) is 0 Å². The van der Waals surface area contributed by atoms with Gasteiger partial charge in [0.05, 0.1) is 17.4 Å². The second-order valence-electron chi connectivity index (χ2n) is 3.09. The van der Waals surface area contributed by atoms with E-state index in [9.17, 15) is 0 Å². The van der Waals surface area contributed by atoms with E-state index in [4.69, 9.17) is 5.26 Å². The third kappa shape index (κ3) is 2.48. The van der Waals surface area contributed by atoms with Crippen LogP contribution >= 0.6 is 0 Å². The minimum absolute atomic E-state index is 0.635. The zero-order valence-electron chi connectivity index (χ0n) is 9.81. The molecular weight excluding hydrogens is 198 g/mol. The van der Waals surface area contributed by atoms with Crippen LogP contribution < -0.4 is 0 Å². The van der Waals surface area contributed by atoms with Gasteiger partial charge in [0.2, 0.25) is 0 Å². The fraction of sp³-hybridized carbons (Fsp3) is 0.231.